The van der Waals surface area contributed by atoms with Crippen molar-refractivity contribution in [2.75, 3.05) is 13.1 Å². The van der Waals surface area contributed by atoms with Crippen LogP contribution >= 0.6 is 11.3 Å². The van der Waals surface area contributed by atoms with Gasteiger partial charge in [0.15, 0.2) is 0 Å². The minimum absolute atomic E-state index is 0.101. The third-order valence-electron chi connectivity index (χ3n) is 7.06. The molecule has 5 rings (SSSR count). The van der Waals surface area contributed by atoms with E-state index in [1.54, 1.807) is 23.0 Å². The summed E-state index contributed by atoms with van der Waals surface area (Å²) >= 11 is 1.54. The van der Waals surface area contributed by atoms with E-state index in [9.17, 15) is 9.90 Å². The lowest BCUT2D eigenvalue weighted by atomic mass is 9.80. The van der Waals surface area contributed by atoms with Crippen LogP contribution in [0.25, 0.3) is 10.8 Å². The highest BCUT2D eigenvalue weighted by Gasteiger charge is 2.40. The molecule has 3 heterocycles. The minimum atomic E-state index is -0.704. The molecule has 1 saturated carbocycles. The number of hydrogen-bond donors (Lipinski definition) is 2. The summed E-state index contributed by atoms with van der Waals surface area (Å²) in [5, 5.41) is 16.4. The van der Waals surface area contributed by atoms with E-state index in [-0.39, 0.29) is 11.9 Å². The topological polar surface area (TPSA) is 78.4 Å². The smallest absolute Gasteiger partial charge is 0.220 e. The van der Waals surface area contributed by atoms with E-state index in [0.717, 1.165) is 54.7 Å². The number of nitrogens with one attached hydrogen (secondary N) is 1. The van der Waals surface area contributed by atoms with Crippen LogP contribution in [0.3, 0.4) is 0 Å². The number of aryl methyl sites for hydroxylation is 2. The van der Waals surface area contributed by atoms with E-state index >= 15 is 0 Å². The largest absolute Gasteiger partial charge is 0.384 e. The van der Waals surface area contributed by atoms with Gasteiger partial charge in [0.25, 0.3) is 0 Å². The van der Waals surface area contributed by atoms with Gasteiger partial charge in [0.2, 0.25) is 5.91 Å². The van der Waals surface area contributed by atoms with Crippen molar-refractivity contribution in [2.45, 2.75) is 63.1 Å². The molecule has 3 aromatic rings. The Morgan fingerprint density at radius 1 is 1.28 bits per heavy atom. The Hall–Kier alpha value is -2.35. The van der Waals surface area contributed by atoms with Gasteiger partial charge in [-0.3, -0.25) is 19.7 Å². The predicted octanol–water partition coefficient (Wildman–Crippen LogP) is 3.56. The molecule has 2 aromatic heterocycles. The van der Waals surface area contributed by atoms with Crippen LogP contribution in [0.2, 0.25) is 0 Å². The molecule has 1 aromatic carbocycles. The molecule has 0 unspecified atom stereocenters. The van der Waals surface area contributed by atoms with Crippen molar-refractivity contribution in [3.05, 3.63) is 58.3 Å². The third-order valence-corrected chi connectivity index (χ3v) is 8.02. The normalized spacial score (nSPS) is 24.4. The number of amides is 1. The molecule has 32 heavy (non-hydrogen) atoms. The number of benzene rings is 1. The lowest BCUT2D eigenvalue weighted by Crippen LogP contribution is -2.62. The van der Waals surface area contributed by atoms with Crippen LogP contribution in [0, 0.1) is 6.92 Å². The van der Waals surface area contributed by atoms with Crippen LogP contribution < -0.4 is 5.32 Å². The summed E-state index contributed by atoms with van der Waals surface area (Å²) < 4.78 is 0. The summed E-state index contributed by atoms with van der Waals surface area (Å²) in [6, 6.07) is 9.12. The number of pyridine rings is 1. The molecule has 6 nitrogen and oxygen atoms in total. The minimum Gasteiger partial charge on any atom is -0.384 e. The summed E-state index contributed by atoms with van der Waals surface area (Å²) in [6.07, 6.45) is 8.28. The Morgan fingerprint density at radius 3 is 2.84 bits per heavy atom. The van der Waals surface area contributed by atoms with Gasteiger partial charge >= 0.3 is 0 Å². The molecular formula is C25H30N4O2S. The average molecular weight is 451 g/mol. The molecular weight excluding hydrogens is 420 g/mol. The van der Waals surface area contributed by atoms with Crippen LogP contribution in [0.15, 0.2) is 42.2 Å². The van der Waals surface area contributed by atoms with Gasteiger partial charge in [0, 0.05) is 49.0 Å². The van der Waals surface area contributed by atoms with Gasteiger partial charge in [-0.25, -0.2) is 0 Å². The monoisotopic (exact) mass is 450 g/mol. The van der Waals surface area contributed by atoms with Gasteiger partial charge in [0.05, 0.1) is 16.4 Å². The van der Waals surface area contributed by atoms with Crippen molar-refractivity contribution in [2.24, 2.45) is 0 Å². The maximum atomic E-state index is 12.5. The molecule has 2 fully saturated rings. The quantitative estimate of drug-likeness (QED) is 0.600. The molecule has 0 atom stereocenters. The molecule has 7 heteroatoms. The standard InChI is InChI=1S/C25H30N4O2S/c1-17-2-3-18-8-11-27-22(21(18)12-17)4-5-24(30)28-19-14-29(15-19)20-6-9-25(31,10-7-20)23-13-26-16-32-23/h2-3,8,11-13,16,19-20,31H,4-7,9-10,14-15H2,1H3,(H,28,30). The van der Waals surface area contributed by atoms with Crippen LogP contribution in [0.1, 0.15) is 48.2 Å². The van der Waals surface area contributed by atoms with Crippen molar-refractivity contribution >= 4 is 28.0 Å². The summed E-state index contributed by atoms with van der Waals surface area (Å²) in [5.41, 5.74) is 3.29. The zero-order valence-corrected chi connectivity index (χ0v) is 19.3. The second-order valence-electron chi connectivity index (χ2n) is 9.33. The van der Waals surface area contributed by atoms with Gasteiger partial charge in [-0.2, -0.15) is 0 Å². The fourth-order valence-corrected chi connectivity index (χ4v) is 5.89. The maximum Gasteiger partial charge on any atom is 0.220 e. The van der Waals surface area contributed by atoms with Gasteiger partial charge < -0.3 is 10.4 Å². The highest BCUT2D eigenvalue weighted by atomic mass is 32.1. The number of likely N-dealkylation sites (tertiary alicyclic amines) is 1. The lowest BCUT2D eigenvalue weighted by Gasteiger charge is -2.48. The Balaban J connectivity index is 1.07. The Bertz CT molecular complexity index is 1090. The van der Waals surface area contributed by atoms with E-state index < -0.39 is 5.60 Å². The molecule has 0 radical (unpaired) electrons. The molecule has 2 aliphatic rings. The van der Waals surface area contributed by atoms with Crippen LogP contribution in [0.4, 0.5) is 0 Å². The van der Waals surface area contributed by atoms with E-state index in [0.29, 0.717) is 18.9 Å². The second kappa shape index (κ2) is 8.89. The summed E-state index contributed by atoms with van der Waals surface area (Å²) in [4.78, 5) is 24.6. The first-order chi connectivity index (χ1) is 15.5. The zero-order valence-electron chi connectivity index (χ0n) is 18.5. The van der Waals surface area contributed by atoms with E-state index in [1.807, 2.05) is 12.3 Å². The van der Waals surface area contributed by atoms with Gasteiger partial charge in [-0.05, 0) is 56.5 Å². The van der Waals surface area contributed by atoms with Gasteiger partial charge in [0.1, 0.15) is 5.60 Å². The van der Waals surface area contributed by atoms with E-state index in [2.05, 4.69) is 45.3 Å². The van der Waals surface area contributed by atoms with Crippen LogP contribution in [0.5, 0.6) is 0 Å². The molecule has 1 saturated heterocycles. The highest BCUT2D eigenvalue weighted by molar-refractivity contribution is 7.09. The number of nitrogens with zero attached hydrogens (tertiary/aromatic N) is 3. The first-order valence-electron chi connectivity index (χ1n) is 11.5. The molecule has 1 amide bonds. The SMILES string of the molecule is Cc1ccc2ccnc(CCC(=O)NC3CN(C4CCC(O)(c5cncs5)CC4)C3)c2c1. The summed E-state index contributed by atoms with van der Waals surface area (Å²) in [5.74, 6) is 0.101. The molecule has 2 N–H and O–H groups in total. The Morgan fingerprint density at radius 2 is 2.09 bits per heavy atom. The van der Waals surface area contributed by atoms with Crippen molar-refractivity contribution in [3.63, 3.8) is 0 Å². The number of aromatic nitrogens is 2. The molecule has 1 aliphatic heterocycles. The van der Waals surface area contributed by atoms with Crippen LogP contribution in [-0.4, -0.2) is 51.1 Å². The van der Waals surface area contributed by atoms with E-state index in [4.69, 9.17) is 0 Å². The Labute approximate surface area is 192 Å². The highest BCUT2D eigenvalue weighted by Crippen LogP contribution is 2.40. The predicted molar refractivity (Wildman–Crippen MR) is 127 cm³/mol. The summed E-state index contributed by atoms with van der Waals surface area (Å²) in [7, 11) is 0. The second-order valence-corrected chi connectivity index (χ2v) is 10.2. The fourth-order valence-electron chi connectivity index (χ4n) is 5.11. The summed E-state index contributed by atoms with van der Waals surface area (Å²) in [6.45, 7) is 3.89. The maximum absolute atomic E-state index is 12.5. The number of carbonyl (C=O) groups excluding carboxylic acids is 1. The van der Waals surface area contributed by atoms with Gasteiger partial charge in [-0.1, -0.05) is 17.7 Å². The molecule has 1 aliphatic carbocycles. The van der Waals surface area contributed by atoms with Crippen molar-refractivity contribution in [1.82, 2.24) is 20.2 Å². The van der Waals surface area contributed by atoms with Crippen molar-refractivity contribution < 1.29 is 9.90 Å². The number of thiazole rings is 1. The number of fused-ring (bicyclic) bond motifs is 1. The first kappa shape index (κ1) is 21.5. The van der Waals surface area contributed by atoms with Crippen molar-refractivity contribution in [3.8, 4) is 0 Å². The Kier molecular flexibility index (Phi) is 5.97. The van der Waals surface area contributed by atoms with Crippen molar-refractivity contribution in [1.29, 1.82) is 0 Å². The van der Waals surface area contributed by atoms with Crippen LogP contribution in [-0.2, 0) is 16.8 Å². The van der Waals surface area contributed by atoms with E-state index in [1.165, 1.54) is 10.9 Å². The number of aliphatic hydroxyl groups is 1. The lowest BCUT2D eigenvalue weighted by molar-refractivity contribution is -0.123. The number of carbonyl (C=O) groups is 1. The molecule has 0 bridgehead atoms. The third kappa shape index (κ3) is 4.42. The van der Waals surface area contributed by atoms with Gasteiger partial charge in [-0.15, -0.1) is 11.3 Å². The zero-order chi connectivity index (χ0) is 22.1. The first-order valence-corrected chi connectivity index (χ1v) is 12.4. The fraction of sp³-hybridized carbons (Fsp3) is 0.480. The number of hydrogen-bond acceptors (Lipinski definition) is 6. The molecule has 168 valence electrons. The average Bonchev–Trinajstić information content (AvgIpc) is 3.31. The number of rotatable bonds is 6. The molecule has 0 spiro atoms.